The quantitative estimate of drug-likeness (QED) is 0.527. The number of ether oxygens (including phenoxy) is 1. The second-order valence-corrected chi connectivity index (χ2v) is 9.18. The summed E-state index contributed by atoms with van der Waals surface area (Å²) in [4.78, 5) is 30.4. The van der Waals surface area contributed by atoms with E-state index in [2.05, 4.69) is 31.1 Å². The van der Waals surface area contributed by atoms with E-state index in [1.165, 1.54) is 17.8 Å². The summed E-state index contributed by atoms with van der Waals surface area (Å²) in [5, 5.41) is 12.3. The number of halogens is 1. The van der Waals surface area contributed by atoms with E-state index in [9.17, 15) is 9.59 Å². The molecule has 1 amide bonds. The number of aromatic nitrogens is 1. The number of fused-ring (bicyclic) bond motifs is 1. The molecular weight excluding hydrogens is 442 g/mol. The maximum absolute atomic E-state index is 13.1. The predicted molar refractivity (Wildman–Crippen MR) is 128 cm³/mol. The van der Waals surface area contributed by atoms with E-state index < -0.39 is 5.97 Å². The number of hydrogen-bond acceptors (Lipinski definition) is 5. The molecule has 0 unspecified atom stereocenters. The summed E-state index contributed by atoms with van der Waals surface area (Å²) < 4.78 is 5.86. The van der Waals surface area contributed by atoms with Crippen molar-refractivity contribution in [2.45, 2.75) is 26.2 Å². The Morgan fingerprint density at radius 3 is 2.52 bits per heavy atom. The number of benzene rings is 2. The monoisotopic (exact) mass is 465 g/mol. The first kappa shape index (κ1) is 22.6. The number of carbonyl (C=O) groups is 2. The number of anilines is 3. The van der Waals surface area contributed by atoms with Gasteiger partial charge in [0.1, 0.15) is 6.61 Å². The lowest BCUT2D eigenvalue weighted by Gasteiger charge is -2.32. The van der Waals surface area contributed by atoms with E-state index in [4.69, 9.17) is 21.4 Å². The largest absolute Gasteiger partial charge is 0.489 e. The number of carboxylic acid groups (broad SMARTS) is 1. The number of nitrogens with one attached hydrogen (secondary N) is 1. The van der Waals surface area contributed by atoms with Crippen LogP contribution in [0.3, 0.4) is 0 Å². The highest BCUT2D eigenvalue weighted by Crippen LogP contribution is 2.41. The van der Waals surface area contributed by atoms with Gasteiger partial charge in [-0.05, 0) is 41.3 Å². The fourth-order valence-corrected chi connectivity index (χ4v) is 3.91. The molecule has 170 valence electrons. The molecule has 0 aliphatic carbocycles. The van der Waals surface area contributed by atoms with Crippen LogP contribution < -0.4 is 15.0 Å². The summed E-state index contributed by atoms with van der Waals surface area (Å²) >= 11 is 6.34. The van der Waals surface area contributed by atoms with Crippen molar-refractivity contribution in [3.63, 3.8) is 0 Å². The van der Waals surface area contributed by atoms with E-state index in [1.54, 1.807) is 12.1 Å². The fourth-order valence-electron chi connectivity index (χ4n) is 3.65. The summed E-state index contributed by atoms with van der Waals surface area (Å²) in [7, 11) is 0. The second kappa shape index (κ2) is 8.75. The average molecular weight is 466 g/mol. The molecule has 0 saturated heterocycles. The molecule has 2 aromatic carbocycles. The van der Waals surface area contributed by atoms with E-state index in [0.29, 0.717) is 41.7 Å². The summed E-state index contributed by atoms with van der Waals surface area (Å²) in [5.41, 5.74) is 2.91. The van der Waals surface area contributed by atoms with E-state index in [-0.39, 0.29) is 21.9 Å². The molecule has 1 aliphatic heterocycles. The third-order valence-corrected chi connectivity index (χ3v) is 5.70. The van der Waals surface area contributed by atoms with Gasteiger partial charge in [0, 0.05) is 11.9 Å². The van der Waals surface area contributed by atoms with Gasteiger partial charge in [0.2, 0.25) is 0 Å². The SMILES string of the molecule is CC(C)(C)c1ccc(NC(=O)c2cccc3c2OCCN3c2ncc(C(=O)O)cc2Cl)cc1. The molecule has 33 heavy (non-hydrogen) atoms. The number of amides is 1. The molecule has 7 nitrogen and oxygen atoms in total. The number of hydrogen-bond donors (Lipinski definition) is 2. The van der Waals surface area contributed by atoms with E-state index in [0.717, 1.165) is 0 Å². The zero-order chi connectivity index (χ0) is 23.8. The minimum absolute atomic E-state index is 0.00263. The van der Waals surface area contributed by atoms with Crippen LogP contribution in [0.5, 0.6) is 5.75 Å². The number of para-hydroxylation sites is 1. The van der Waals surface area contributed by atoms with E-state index in [1.807, 2.05) is 35.2 Å². The number of pyridine rings is 1. The van der Waals surface area contributed by atoms with E-state index >= 15 is 0 Å². The standard InChI is InChI=1S/C25H24ClN3O4/c1-25(2,3)16-7-9-17(10-8-16)28-23(30)18-5-4-6-20-21(18)33-12-11-29(20)22-19(26)13-15(14-27-22)24(31)32/h4-10,13-14H,11-12H2,1-3H3,(H,28,30)(H,31,32). The predicted octanol–water partition coefficient (Wildman–Crippen LogP) is 5.51. The van der Waals surface area contributed by atoms with Gasteiger partial charge in [-0.2, -0.15) is 0 Å². The minimum atomic E-state index is -1.10. The highest BCUT2D eigenvalue weighted by Gasteiger charge is 2.27. The van der Waals surface area contributed by atoms with Crippen molar-refractivity contribution in [3.8, 4) is 5.75 Å². The van der Waals surface area contributed by atoms with Gasteiger partial charge >= 0.3 is 5.97 Å². The van der Waals surface area contributed by atoms with Crippen molar-refractivity contribution >= 4 is 40.7 Å². The Morgan fingerprint density at radius 2 is 1.88 bits per heavy atom. The van der Waals surface area contributed by atoms with Gasteiger partial charge in [-0.3, -0.25) is 4.79 Å². The number of aromatic carboxylic acids is 1. The minimum Gasteiger partial charge on any atom is -0.489 e. The van der Waals surface area contributed by atoms with Gasteiger partial charge in [-0.25, -0.2) is 9.78 Å². The van der Waals surface area contributed by atoms with Crippen LogP contribution in [0.15, 0.2) is 54.7 Å². The summed E-state index contributed by atoms with van der Waals surface area (Å²) in [5.74, 6) is -0.570. The summed E-state index contributed by atoms with van der Waals surface area (Å²) in [6, 6.07) is 14.4. The summed E-state index contributed by atoms with van der Waals surface area (Å²) in [6.07, 6.45) is 1.26. The number of rotatable bonds is 4. The van der Waals surface area contributed by atoms with Crippen molar-refractivity contribution in [2.24, 2.45) is 0 Å². The van der Waals surface area contributed by atoms with Gasteiger partial charge in [-0.15, -0.1) is 0 Å². The second-order valence-electron chi connectivity index (χ2n) is 8.77. The van der Waals surface area contributed by atoms with Gasteiger partial charge in [0.05, 0.1) is 28.4 Å². The smallest absolute Gasteiger partial charge is 0.337 e. The normalized spacial score (nSPS) is 13.2. The Labute approximate surface area is 197 Å². The molecule has 0 spiro atoms. The third kappa shape index (κ3) is 4.64. The zero-order valence-electron chi connectivity index (χ0n) is 18.6. The number of carbonyl (C=O) groups excluding carboxylic acids is 1. The lowest BCUT2D eigenvalue weighted by atomic mass is 9.87. The highest BCUT2D eigenvalue weighted by molar-refractivity contribution is 6.33. The first-order valence-corrected chi connectivity index (χ1v) is 10.9. The van der Waals surface area contributed by atoms with Crippen molar-refractivity contribution in [1.29, 1.82) is 0 Å². The fraction of sp³-hybridized carbons (Fsp3) is 0.240. The number of carboxylic acids is 1. The first-order chi connectivity index (χ1) is 15.6. The Hall–Kier alpha value is -3.58. The van der Waals surface area contributed by atoms with Crippen molar-refractivity contribution in [1.82, 2.24) is 4.98 Å². The number of nitrogens with zero attached hydrogens (tertiary/aromatic N) is 2. The van der Waals surface area contributed by atoms with Gasteiger partial charge in [-0.1, -0.05) is 50.6 Å². The molecule has 8 heteroatoms. The van der Waals surface area contributed by atoms with Crippen LogP contribution in [0, 0.1) is 0 Å². The highest BCUT2D eigenvalue weighted by atomic mass is 35.5. The first-order valence-electron chi connectivity index (χ1n) is 10.5. The Balaban J connectivity index is 1.63. The molecule has 0 radical (unpaired) electrons. The van der Waals surface area contributed by atoms with Crippen molar-refractivity contribution < 1.29 is 19.4 Å². The van der Waals surface area contributed by atoms with Crippen LogP contribution in [0.4, 0.5) is 17.2 Å². The van der Waals surface area contributed by atoms with Crippen LogP contribution in [0.2, 0.25) is 5.02 Å². The lowest BCUT2D eigenvalue weighted by Crippen LogP contribution is -2.31. The molecular formula is C25H24ClN3O4. The Bertz CT molecular complexity index is 1220. The molecule has 0 bridgehead atoms. The Kier molecular flexibility index (Phi) is 5.99. The molecule has 0 fully saturated rings. The van der Waals surface area contributed by atoms with Gasteiger partial charge < -0.3 is 20.1 Å². The van der Waals surface area contributed by atoms with Crippen LogP contribution in [0.1, 0.15) is 47.1 Å². The molecule has 1 aliphatic rings. The van der Waals surface area contributed by atoms with Crippen molar-refractivity contribution in [3.05, 3.63) is 76.4 Å². The summed E-state index contributed by atoms with van der Waals surface area (Å²) in [6.45, 7) is 7.17. The zero-order valence-corrected chi connectivity index (χ0v) is 19.3. The van der Waals surface area contributed by atoms with Crippen LogP contribution >= 0.6 is 11.6 Å². The van der Waals surface area contributed by atoms with Crippen molar-refractivity contribution in [2.75, 3.05) is 23.4 Å². The molecule has 3 aromatic rings. The average Bonchev–Trinajstić information content (AvgIpc) is 2.78. The topological polar surface area (TPSA) is 91.8 Å². The molecule has 0 saturated carbocycles. The van der Waals surface area contributed by atoms with Crippen LogP contribution in [0.25, 0.3) is 0 Å². The maximum atomic E-state index is 13.1. The Morgan fingerprint density at radius 1 is 1.15 bits per heavy atom. The van der Waals surface area contributed by atoms with Crippen LogP contribution in [-0.2, 0) is 5.41 Å². The maximum Gasteiger partial charge on any atom is 0.337 e. The lowest BCUT2D eigenvalue weighted by molar-refractivity contribution is 0.0696. The molecule has 1 aromatic heterocycles. The molecule has 2 N–H and O–H groups in total. The van der Waals surface area contributed by atoms with Gasteiger partial charge in [0.15, 0.2) is 11.6 Å². The molecule has 0 atom stereocenters. The molecule has 2 heterocycles. The molecule has 4 rings (SSSR count). The van der Waals surface area contributed by atoms with Crippen LogP contribution in [-0.4, -0.2) is 35.1 Å². The third-order valence-electron chi connectivity index (χ3n) is 5.42. The van der Waals surface area contributed by atoms with Gasteiger partial charge in [0.25, 0.3) is 5.91 Å².